The Bertz CT molecular complexity index is 1610. The number of amides is 3. The van der Waals surface area contributed by atoms with Crippen molar-refractivity contribution in [3.05, 3.63) is 90.0 Å². The molecule has 3 heterocycles. The number of fused-ring (bicyclic) bond motifs is 1. The highest BCUT2D eigenvalue weighted by Crippen LogP contribution is 2.60. The van der Waals surface area contributed by atoms with Gasteiger partial charge in [0.1, 0.15) is 17.7 Å². The molecule has 2 aromatic rings. The van der Waals surface area contributed by atoms with Crippen LogP contribution in [0.1, 0.15) is 42.9 Å². The lowest BCUT2D eigenvalue weighted by molar-refractivity contribution is -0.163. The van der Waals surface area contributed by atoms with Crippen LogP contribution in [0.3, 0.4) is 0 Å². The fraction of sp³-hybridized carbons (Fsp3) is 0.474. The lowest BCUT2D eigenvalue weighted by Gasteiger charge is -2.37. The van der Waals surface area contributed by atoms with Crippen LogP contribution in [0.15, 0.2) is 73.8 Å². The molecule has 3 aliphatic heterocycles. The Balaban J connectivity index is 1.53. The molecule has 274 valence electrons. The molecule has 0 saturated carbocycles. The Morgan fingerprint density at radius 3 is 2.59 bits per heavy atom. The molecule has 8 atom stereocenters. The largest absolute Gasteiger partial charge is 0.455 e. The highest BCUT2D eigenvalue weighted by molar-refractivity contribution is 9.09. The second-order valence-electron chi connectivity index (χ2n) is 13.1. The molecule has 2 bridgehead atoms. The molecule has 13 heteroatoms. The van der Waals surface area contributed by atoms with E-state index in [-0.39, 0.29) is 56.3 Å². The summed E-state index contributed by atoms with van der Waals surface area (Å²) in [5, 5.41) is 13.1. The van der Waals surface area contributed by atoms with E-state index in [4.69, 9.17) is 25.8 Å². The molecule has 1 unspecified atom stereocenters. The molecule has 2 N–H and O–H groups in total. The summed E-state index contributed by atoms with van der Waals surface area (Å²) in [5.74, 6) is -3.94. The van der Waals surface area contributed by atoms with E-state index in [1.165, 1.54) is 16.9 Å². The molecule has 0 radical (unpaired) electrons. The van der Waals surface area contributed by atoms with Gasteiger partial charge >= 0.3 is 5.97 Å². The van der Waals surface area contributed by atoms with Crippen LogP contribution < -0.4 is 10.2 Å². The summed E-state index contributed by atoms with van der Waals surface area (Å²) in [5.41, 5.74) is 0.482. The Labute approximate surface area is 312 Å². The van der Waals surface area contributed by atoms with E-state index in [1.54, 1.807) is 48.6 Å². The number of carbonyl (C=O) groups is 4. The molecule has 2 aromatic carbocycles. The number of anilines is 1. The normalized spacial score (nSPS) is 25.9. The van der Waals surface area contributed by atoms with Crippen molar-refractivity contribution in [1.29, 1.82) is 0 Å². The summed E-state index contributed by atoms with van der Waals surface area (Å²) in [6.45, 7) is 9.38. The number of para-hydroxylation sites is 1. The van der Waals surface area contributed by atoms with Gasteiger partial charge in [0.25, 0.3) is 5.91 Å². The second-order valence-corrected chi connectivity index (χ2v) is 14.7. The third-order valence-corrected chi connectivity index (χ3v) is 11.0. The molecule has 3 fully saturated rings. The monoisotopic (exact) mass is 785 g/mol. The third-order valence-electron chi connectivity index (χ3n) is 9.89. The Kier molecular flexibility index (Phi) is 12.8. The SMILES string of the molecule is C=CCCC(=O)N[C@@H](COC)[C@@H](OC(=O)[C@H]1[C@@H]2O[C@@]3(CC2Br)[C@@H]1C(=O)N(CCCO)[C@@H]3C(=O)N(CC=C)c1c(C)cccc1Cl)c1ccccc1. The Morgan fingerprint density at radius 1 is 1.20 bits per heavy atom. The average Bonchev–Trinajstić information content (AvgIpc) is 3.71. The number of esters is 1. The number of nitrogens with one attached hydrogen (secondary N) is 1. The number of hydrogen-bond acceptors (Lipinski definition) is 8. The molecule has 3 aliphatic rings. The molecule has 0 aromatic heterocycles. The number of ether oxygens (including phenoxy) is 3. The summed E-state index contributed by atoms with van der Waals surface area (Å²) >= 11 is 10.4. The van der Waals surface area contributed by atoms with E-state index >= 15 is 0 Å². The van der Waals surface area contributed by atoms with E-state index in [0.29, 0.717) is 22.7 Å². The molecule has 3 amide bonds. The molecule has 11 nitrogen and oxygen atoms in total. The van der Waals surface area contributed by atoms with Gasteiger partial charge in [0.2, 0.25) is 11.8 Å². The van der Waals surface area contributed by atoms with Crippen LogP contribution in [0.4, 0.5) is 5.69 Å². The molecule has 5 rings (SSSR count). The zero-order chi connectivity index (χ0) is 36.9. The number of rotatable bonds is 17. The highest BCUT2D eigenvalue weighted by atomic mass is 79.9. The summed E-state index contributed by atoms with van der Waals surface area (Å²) in [7, 11) is 1.49. The van der Waals surface area contributed by atoms with Gasteiger partial charge in [-0.3, -0.25) is 19.2 Å². The number of aryl methyl sites for hydroxylation is 1. The number of halogens is 2. The van der Waals surface area contributed by atoms with Gasteiger partial charge in [-0.2, -0.15) is 0 Å². The van der Waals surface area contributed by atoms with Gasteiger partial charge < -0.3 is 34.4 Å². The molecule has 0 aliphatic carbocycles. The minimum absolute atomic E-state index is 0.0384. The number of methoxy groups -OCH3 is 1. The van der Waals surface area contributed by atoms with Crippen LogP contribution in [-0.4, -0.2) is 95.7 Å². The number of alkyl halides is 1. The van der Waals surface area contributed by atoms with Crippen molar-refractivity contribution in [2.75, 3.05) is 38.3 Å². The lowest BCUT2D eigenvalue weighted by Crippen LogP contribution is -2.57. The van der Waals surface area contributed by atoms with Crippen molar-refractivity contribution in [2.24, 2.45) is 11.8 Å². The van der Waals surface area contributed by atoms with Crippen molar-refractivity contribution >= 4 is 56.9 Å². The highest BCUT2D eigenvalue weighted by Gasteiger charge is 2.77. The number of aliphatic hydroxyl groups excluding tert-OH is 1. The fourth-order valence-corrected chi connectivity index (χ4v) is 9.08. The number of aliphatic hydroxyl groups is 1. The summed E-state index contributed by atoms with van der Waals surface area (Å²) in [6, 6.07) is 12.5. The van der Waals surface area contributed by atoms with Gasteiger partial charge in [-0.05, 0) is 43.4 Å². The van der Waals surface area contributed by atoms with Crippen molar-refractivity contribution < 1.29 is 38.5 Å². The van der Waals surface area contributed by atoms with Crippen LogP contribution in [0.2, 0.25) is 5.02 Å². The standard InChI is InChI=1S/C38H45BrClN3O8/c1-5-7-17-28(45)41-27(22-49-4)32(24-14-9-8-10-15-24)50-37(48)29-30-35(46)43(19-12-20-44)34(38(30)21-25(39)33(29)51-38)36(47)42(18-6-2)31-23(3)13-11-16-26(31)40/h5-6,8-11,13-16,25,27,29-30,32-34,44H,1-2,7,12,17-22H2,3-4H3,(H,41,45)/t25?,27-,29+,30-,32-,33+,34+,38-/m0/s1. The zero-order valence-electron chi connectivity index (χ0n) is 28.8. The molecule has 1 spiro atoms. The van der Waals surface area contributed by atoms with Gasteiger partial charge in [0, 0.05) is 38.1 Å². The van der Waals surface area contributed by atoms with Crippen LogP contribution in [0.5, 0.6) is 0 Å². The third kappa shape index (κ3) is 7.52. The summed E-state index contributed by atoms with van der Waals surface area (Å²) in [6.07, 6.45) is 2.63. The van der Waals surface area contributed by atoms with Crippen LogP contribution in [-0.2, 0) is 33.4 Å². The predicted molar refractivity (Wildman–Crippen MR) is 196 cm³/mol. The summed E-state index contributed by atoms with van der Waals surface area (Å²) in [4.78, 5) is 59.4. The number of hydrogen-bond donors (Lipinski definition) is 2. The van der Waals surface area contributed by atoms with Crippen LogP contribution >= 0.6 is 27.5 Å². The fourth-order valence-electron chi connectivity index (χ4n) is 7.82. The zero-order valence-corrected chi connectivity index (χ0v) is 31.2. The smallest absolute Gasteiger partial charge is 0.313 e. The van der Waals surface area contributed by atoms with Crippen LogP contribution in [0.25, 0.3) is 0 Å². The number of allylic oxidation sites excluding steroid dienone is 1. The number of carbonyl (C=O) groups excluding carboxylic acids is 4. The first-order valence-corrected chi connectivity index (χ1v) is 18.4. The first-order valence-electron chi connectivity index (χ1n) is 17.1. The second kappa shape index (κ2) is 16.9. The van der Waals surface area contributed by atoms with E-state index in [1.807, 2.05) is 19.1 Å². The average molecular weight is 787 g/mol. The topological polar surface area (TPSA) is 135 Å². The minimum Gasteiger partial charge on any atom is -0.455 e. The number of nitrogens with zero attached hydrogens (tertiary/aromatic N) is 2. The van der Waals surface area contributed by atoms with Gasteiger partial charge in [-0.1, -0.05) is 82.1 Å². The molecular weight excluding hydrogens is 742 g/mol. The lowest BCUT2D eigenvalue weighted by atomic mass is 9.70. The molecule has 3 saturated heterocycles. The Morgan fingerprint density at radius 2 is 1.94 bits per heavy atom. The molecule has 51 heavy (non-hydrogen) atoms. The number of benzene rings is 2. The van der Waals surface area contributed by atoms with Crippen molar-refractivity contribution in [3.8, 4) is 0 Å². The van der Waals surface area contributed by atoms with Gasteiger partial charge in [0.05, 0.1) is 41.3 Å². The number of likely N-dealkylation sites (tertiary alicyclic amines) is 1. The maximum Gasteiger partial charge on any atom is 0.313 e. The van der Waals surface area contributed by atoms with E-state index in [9.17, 15) is 24.3 Å². The van der Waals surface area contributed by atoms with Gasteiger partial charge in [-0.15, -0.1) is 13.2 Å². The van der Waals surface area contributed by atoms with E-state index in [2.05, 4.69) is 34.4 Å². The van der Waals surface area contributed by atoms with Crippen molar-refractivity contribution in [1.82, 2.24) is 10.2 Å². The first kappa shape index (κ1) is 38.7. The molecular formula is C38H45BrClN3O8. The Hall–Kier alpha value is -3.55. The van der Waals surface area contributed by atoms with Crippen LogP contribution in [0, 0.1) is 18.8 Å². The van der Waals surface area contributed by atoms with E-state index in [0.717, 1.165) is 5.56 Å². The van der Waals surface area contributed by atoms with Crippen molar-refractivity contribution in [2.45, 2.75) is 67.3 Å². The quantitative estimate of drug-likeness (QED) is 0.134. The first-order chi connectivity index (χ1) is 24.5. The van der Waals surface area contributed by atoms with E-state index < -0.39 is 59.5 Å². The van der Waals surface area contributed by atoms with Gasteiger partial charge in [-0.25, -0.2) is 0 Å². The maximum absolute atomic E-state index is 14.9. The minimum atomic E-state index is -1.38. The summed E-state index contributed by atoms with van der Waals surface area (Å²) < 4.78 is 18.5. The maximum atomic E-state index is 14.9. The van der Waals surface area contributed by atoms with Crippen molar-refractivity contribution in [3.63, 3.8) is 0 Å². The predicted octanol–water partition coefficient (Wildman–Crippen LogP) is 4.68. The van der Waals surface area contributed by atoms with Gasteiger partial charge in [0.15, 0.2) is 0 Å².